The molecule has 7 nitrogen and oxygen atoms in total. The minimum atomic E-state index is -3.65. The van der Waals surface area contributed by atoms with Gasteiger partial charge in [0.2, 0.25) is 20.0 Å². The predicted molar refractivity (Wildman–Crippen MR) is 120 cm³/mol. The lowest BCUT2D eigenvalue weighted by molar-refractivity contribution is 0.0764. The Morgan fingerprint density at radius 1 is 1.09 bits per heavy atom. The maximum Gasteiger partial charge on any atom is 0.221 e. The van der Waals surface area contributed by atoms with Gasteiger partial charge in [0, 0.05) is 24.2 Å². The highest BCUT2D eigenvalue weighted by molar-refractivity contribution is 7.89. The molecule has 2 aliphatic rings. The van der Waals surface area contributed by atoms with Crippen LogP contribution in [-0.2, 0) is 26.6 Å². The number of hydrogen-bond donors (Lipinski definition) is 0. The van der Waals surface area contributed by atoms with Crippen LogP contribution in [0, 0.1) is 5.82 Å². The van der Waals surface area contributed by atoms with Crippen molar-refractivity contribution in [3.8, 4) is 5.75 Å². The Bertz CT molecular complexity index is 1180. The highest BCUT2D eigenvalue weighted by Crippen LogP contribution is 2.38. The van der Waals surface area contributed by atoms with Crippen LogP contribution < -0.4 is 4.74 Å². The van der Waals surface area contributed by atoms with Gasteiger partial charge >= 0.3 is 0 Å². The van der Waals surface area contributed by atoms with E-state index in [9.17, 15) is 21.2 Å². The van der Waals surface area contributed by atoms with Crippen LogP contribution in [-0.4, -0.2) is 56.9 Å². The molecular weight excluding hydrogens is 455 g/mol. The Kier molecular flexibility index (Phi) is 6.32. The molecule has 10 heteroatoms. The summed E-state index contributed by atoms with van der Waals surface area (Å²) < 4.78 is 72.7. The highest BCUT2D eigenvalue weighted by atomic mass is 32.2. The summed E-state index contributed by atoms with van der Waals surface area (Å²) in [6.45, 7) is 2.25. The molecule has 2 fully saturated rings. The van der Waals surface area contributed by atoms with Crippen molar-refractivity contribution in [1.29, 1.82) is 0 Å². The molecule has 2 aliphatic heterocycles. The monoisotopic (exact) mass is 482 g/mol. The predicted octanol–water partition coefficient (Wildman–Crippen LogP) is 2.90. The topological polar surface area (TPSA) is 84.0 Å². The van der Waals surface area contributed by atoms with Gasteiger partial charge in [-0.2, -0.15) is 8.61 Å². The van der Waals surface area contributed by atoms with Crippen molar-refractivity contribution in [2.24, 2.45) is 0 Å². The summed E-state index contributed by atoms with van der Waals surface area (Å²) in [5.41, 5.74) is 1.02. The summed E-state index contributed by atoms with van der Waals surface area (Å²) in [7, 11) is -6.90. The maximum atomic E-state index is 14.8. The SMILES string of the molecule is C[C@H]1CCC(c2ccccc2)S(=O)(=O)N1Cc1ccc(OC2CN(S(C)(=O)=O)C2)cc1F. The lowest BCUT2D eigenvalue weighted by Gasteiger charge is -2.38. The van der Waals surface area contributed by atoms with Crippen molar-refractivity contribution in [1.82, 2.24) is 8.61 Å². The number of sulfonamides is 2. The van der Waals surface area contributed by atoms with Crippen molar-refractivity contribution in [3.63, 3.8) is 0 Å². The van der Waals surface area contributed by atoms with Gasteiger partial charge in [0.1, 0.15) is 22.9 Å². The number of nitrogens with zero attached hydrogens (tertiary/aromatic N) is 2. The molecule has 2 aromatic carbocycles. The first-order valence-electron chi connectivity index (χ1n) is 10.5. The fraction of sp³-hybridized carbons (Fsp3) is 0.455. The molecule has 2 atom stereocenters. The van der Waals surface area contributed by atoms with Crippen LogP contribution in [0.4, 0.5) is 4.39 Å². The van der Waals surface area contributed by atoms with Gasteiger partial charge in [0.25, 0.3) is 0 Å². The largest absolute Gasteiger partial charge is 0.488 e. The average Bonchev–Trinajstić information content (AvgIpc) is 2.68. The second-order valence-corrected chi connectivity index (χ2v) is 12.5. The van der Waals surface area contributed by atoms with Crippen LogP contribution in [0.25, 0.3) is 0 Å². The molecule has 0 radical (unpaired) electrons. The fourth-order valence-corrected chi connectivity index (χ4v) is 7.25. The molecule has 0 bridgehead atoms. The Labute approximate surface area is 188 Å². The molecule has 1 unspecified atom stereocenters. The van der Waals surface area contributed by atoms with E-state index in [2.05, 4.69) is 0 Å². The van der Waals surface area contributed by atoms with Crippen LogP contribution in [0.2, 0.25) is 0 Å². The Morgan fingerprint density at radius 3 is 2.41 bits per heavy atom. The molecular formula is C22H27FN2O5S2. The van der Waals surface area contributed by atoms with E-state index in [0.29, 0.717) is 18.6 Å². The van der Waals surface area contributed by atoms with E-state index in [1.54, 1.807) is 6.07 Å². The number of hydrogen-bond acceptors (Lipinski definition) is 5. The molecule has 0 aromatic heterocycles. The van der Waals surface area contributed by atoms with Gasteiger partial charge < -0.3 is 4.74 Å². The average molecular weight is 483 g/mol. The van der Waals surface area contributed by atoms with E-state index in [-0.39, 0.29) is 37.3 Å². The van der Waals surface area contributed by atoms with Gasteiger partial charge in [-0.05, 0) is 31.4 Å². The van der Waals surface area contributed by atoms with Crippen molar-refractivity contribution in [2.45, 2.75) is 43.7 Å². The zero-order chi connectivity index (χ0) is 23.1. The molecule has 0 N–H and O–H groups in total. The van der Waals surface area contributed by atoms with Crippen molar-refractivity contribution in [3.05, 3.63) is 65.5 Å². The van der Waals surface area contributed by atoms with Crippen molar-refractivity contribution < 1.29 is 26.0 Å². The highest BCUT2D eigenvalue weighted by Gasteiger charge is 2.40. The number of halogens is 1. The Hall–Kier alpha value is -2.01. The molecule has 0 saturated carbocycles. The zero-order valence-corrected chi connectivity index (χ0v) is 19.6. The first kappa shape index (κ1) is 23.2. The number of benzene rings is 2. The fourth-order valence-electron chi connectivity index (χ4n) is 4.19. The minimum absolute atomic E-state index is 0.0514. The minimum Gasteiger partial charge on any atom is -0.488 e. The van der Waals surface area contributed by atoms with Crippen LogP contribution in [0.5, 0.6) is 5.75 Å². The standard InChI is InChI=1S/C22H27FN2O5S2/c1-16-8-11-22(17-6-4-3-5-7-17)32(28,29)25(16)13-18-9-10-19(12-21(18)23)30-20-14-24(15-20)31(2,26)27/h3-7,9-10,12,16,20,22H,8,11,13-15H2,1-2H3/t16-,22?/m0/s1. The van der Waals surface area contributed by atoms with Crippen LogP contribution >= 0.6 is 0 Å². The summed E-state index contributed by atoms with van der Waals surface area (Å²) in [5.74, 6) is -0.257. The summed E-state index contributed by atoms with van der Waals surface area (Å²) >= 11 is 0. The first-order chi connectivity index (χ1) is 15.1. The van der Waals surface area contributed by atoms with Crippen LogP contribution in [0.1, 0.15) is 36.1 Å². The van der Waals surface area contributed by atoms with Crippen molar-refractivity contribution in [2.75, 3.05) is 19.3 Å². The smallest absolute Gasteiger partial charge is 0.221 e. The third-order valence-corrected chi connectivity index (χ3v) is 9.74. The molecule has 2 saturated heterocycles. The maximum absolute atomic E-state index is 14.8. The Balaban J connectivity index is 1.47. The quantitative estimate of drug-likeness (QED) is 0.632. The van der Waals surface area contributed by atoms with Crippen LogP contribution in [0.3, 0.4) is 0 Å². The van der Waals surface area contributed by atoms with Gasteiger partial charge in [-0.3, -0.25) is 0 Å². The summed E-state index contributed by atoms with van der Waals surface area (Å²) in [4.78, 5) is 0. The zero-order valence-electron chi connectivity index (χ0n) is 18.0. The van der Waals surface area contributed by atoms with E-state index in [1.165, 1.54) is 20.7 Å². The van der Waals surface area contributed by atoms with E-state index >= 15 is 0 Å². The summed E-state index contributed by atoms with van der Waals surface area (Å²) in [6.07, 6.45) is 2.03. The molecule has 0 aliphatic carbocycles. The second kappa shape index (κ2) is 8.74. The third-order valence-electron chi connectivity index (χ3n) is 6.13. The molecule has 2 heterocycles. The third kappa shape index (κ3) is 4.68. The molecule has 174 valence electrons. The van der Waals surface area contributed by atoms with E-state index in [1.807, 2.05) is 37.3 Å². The van der Waals surface area contributed by atoms with E-state index in [0.717, 1.165) is 11.8 Å². The molecule has 32 heavy (non-hydrogen) atoms. The molecule has 0 amide bonds. The first-order valence-corrected chi connectivity index (χ1v) is 13.9. The lowest BCUT2D eigenvalue weighted by atomic mass is 10.0. The van der Waals surface area contributed by atoms with E-state index in [4.69, 9.17) is 4.74 Å². The summed E-state index contributed by atoms with van der Waals surface area (Å²) in [5, 5.41) is -0.637. The van der Waals surface area contributed by atoms with Gasteiger partial charge in [-0.1, -0.05) is 36.4 Å². The van der Waals surface area contributed by atoms with Gasteiger partial charge in [0.15, 0.2) is 0 Å². The number of rotatable bonds is 6. The van der Waals surface area contributed by atoms with E-state index < -0.39 is 31.1 Å². The second-order valence-electron chi connectivity index (χ2n) is 8.49. The molecule has 4 rings (SSSR count). The van der Waals surface area contributed by atoms with Gasteiger partial charge in [-0.25, -0.2) is 21.2 Å². The molecule has 2 aromatic rings. The van der Waals surface area contributed by atoms with Gasteiger partial charge in [0.05, 0.1) is 19.3 Å². The van der Waals surface area contributed by atoms with Crippen molar-refractivity contribution >= 4 is 20.0 Å². The Morgan fingerprint density at radius 2 is 1.78 bits per heavy atom. The normalized spacial score (nSPS) is 24.7. The summed E-state index contributed by atoms with van der Waals surface area (Å²) in [6, 6.07) is 13.2. The van der Waals surface area contributed by atoms with Crippen LogP contribution in [0.15, 0.2) is 48.5 Å². The number of ether oxygens (including phenoxy) is 1. The molecule has 0 spiro atoms. The van der Waals surface area contributed by atoms with Gasteiger partial charge in [-0.15, -0.1) is 0 Å². The lowest BCUT2D eigenvalue weighted by Crippen LogP contribution is -2.55.